The Balaban J connectivity index is 1.63. The van der Waals surface area contributed by atoms with Gasteiger partial charge in [0, 0.05) is 4.88 Å². The van der Waals surface area contributed by atoms with E-state index in [9.17, 15) is 19.5 Å². The Morgan fingerprint density at radius 3 is 2.47 bits per heavy atom. The first-order valence-electron chi connectivity index (χ1n) is 11.0. The summed E-state index contributed by atoms with van der Waals surface area (Å²) in [7, 11) is 0. The molecule has 7 heteroatoms. The summed E-state index contributed by atoms with van der Waals surface area (Å²) in [5.41, 5.74) is 1.47. The molecule has 5 atom stereocenters. The van der Waals surface area contributed by atoms with Gasteiger partial charge < -0.3 is 15.2 Å². The number of esters is 1. The zero-order valence-electron chi connectivity index (χ0n) is 17.5. The first-order valence-corrected chi connectivity index (χ1v) is 11.8. The van der Waals surface area contributed by atoms with Gasteiger partial charge in [0.15, 0.2) is 0 Å². The summed E-state index contributed by atoms with van der Waals surface area (Å²) in [5, 5.41) is 13.2. The molecule has 0 unspecified atom stereocenters. The Morgan fingerprint density at radius 1 is 1.17 bits per heavy atom. The third-order valence-electron chi connectivity index (χ3n) is 6.83. The monoisotopic (exact) mass is 431 g/mol. The van der Waals surface area contributed by atoms with Crippen LogP contribution in [0.25, 0.3) is 0 Å². The van der Waals surface area contributed by atoms with Gasteiger partial charge in [0.2, 0.25) is 5.91 Å². The maximum absolute atomic E-state index is 13.3. The molecule has 0 radical (unpaired) electrons. The number of rotatable bonds is 6. The first-order chi connectivity index (χ1) is 14.4. The van der Waals surface area contributed by atoms with E-state index in [-0.39, 0.29) is 29.8 Å². The van der Waals surface area contributed by atoms with Crippen LogP contribution in [-0.2, 0) is 27.2 Å². The van der Waals surface area contributed by atoms with Gasteiger partial charge in [0.05, 0.1) is 23.5 Å². The third kappa shape index (κ3) is 3.80. The van der Waals surface area contributed by atoms with E-state index in [0.29, 0.717) is 10.6 Å². The van der Waals surface area contributed by atoms with Gasteiger partial charge in [-0.2, -0.15) is 0 Å². The van der Waals surface area contributed by atoms with Crippen molar-refractivity contribution in [2.75, 3.05) is 5.32 Å². The van der Waals surface area contributed by atoms with Gasteiger partial charge in [0.25, 0.3) is 0 Å². The average Bonchev–Trinajstić information content (AvgIpc) is 3.11. The van der Waals surface area contributed by atoms with Gasteiger partial charge in [-0.05, 0) is 69.3 Å². The Hall–Kier alpha value is -2.15. The number of ether oxygens (including phenoxy) is 1. The van der Waals surface area contributed by atoms with E-state index < -0.39 is 17.8 Å². The van der Waals surface area contributed by atoms with Gasteiger partial charge in [-0.3, -0.25) is 9.59 Å². The van der Waals surface area contributed by atoms with Crippen molar-refractivity contribution in [3.05, 3.63) is 28.2 Å². The number of amides is 1. The number of hydrogen-bond acceptors (Lipinski definition) is 5. The van der Waals surface area contributed by atoms with Crippen molar-refractivity contribution in [3.8, 4) is 0 Å². The molecule has 0 aromatic carbocycles. The molecular formula is C23H29NO5S. The SMILES string of the molecule is CC[C@@H](C)OC(=O)c1c(NC(=O)[C@@H]2[C@@H](C(=O)O)[C@H]3C=C[C@@H]2CC3)sc2c1CCCC2. The maximum Gasteiger partial charge on any atom is 0.341 e. The quantitative estimate of drug-likeness (QED) is 0.513. The number of carboxylic acids is 1. The van der Waals surface area contributed by atoms with Crippen LogP contribution in [0.15, 0.2) is 12.2 Å². The molecule has 162 valence electrons. The van der Waals surface area contributed by atoms with E-state index in [0.717, 1.165) is 55.4 Å². The van der Waals surface area contributed by atoms with E-state index in [1.807, 2.05) is 26.0 Å². The molecule has 30 heavy (non-hydrogen) atoms. The maximum atomic E-state index is 13.3. The number of aryl methyl sites for hydroxylation is 1. The van der Waals surface area contributed by atoms with Gasteiger partial charge in [-0.1, -0.05) is 19.1 Å². The largest absolute Gasteiger partial charge is 0.481 e. The lowest BCUT2D eigenvalue weighted by atomic mass is 9.62. The highest BCUT2D eigenvalue weighted by atomic mass is 32.1. The Morgan fingerprint density at radius 2 is 1.83 bits per heavy atom. The number of carbonyl (C=O) groups excluding carboxylic acids is 2. The van der Waals surface area contributed by atoms with Gasteiger partial charge in [-0.15, -0.1) is 11.3 Å². The Labute approximate surface area is 180 Å². The van der Waals surface area contributed by atoms with Gasteiger partial charge >= 0.3 is 11.9 Å². The number of fused-ring (bicyclic) bond motifs is 3. The molecule has 1 saturated carbocycles. The molecule has 2 N–H and O–H groups in total. The highest BCUT2D eigenvalue weighted by Gasteiger charge is 2.48. The minimum atomic E-state index is -0.920. The van der Waals surface area contributed by atoms with Crippen molar-refractivity contribution in [1.82, 2.24) is 0 Å². The molecule has 1 fully saturated rings. The topological polar surface area (TPSA) is 92.7 Å². The van der Waals surface area contributed by atoms with Crippen LogP contribution in [0.4, 0.5) is 5.00 Å². The molecule has 0 spiro atoms. The van der Waals surface area contributed by atoms with E-state index in [1.165, 1.54) is 11.3 Å². The number of hydrogen-bond donors (Lipinski definition) is 2. The number of carboxylic acid groups (broad SMARTS) is 1. The van der Waals surface area contributed by atoms with Crippen molar-refractivity contribution in [3.63, 3.8) is 0 Å². The standard InChI is InChI=1S/C23H29NO5S/c1-3-12(2)29-23(28)19-15-6-4-5-7-16(15)30-21(19)24-20(25)17-13-8-10-14(11-9-13)18(17)22(26)27/h8,10,12-14,17-18H,3-7,9,11H2,1-2H3,(H,24,25)(H,26,27)/t12-,13-,14+,17+,18+/m1/s1. The summed E-state index contributed by atoms with van der Waals surface area (Å²) < 4.78 is 5.60. The number of allylic oxidation sites excluding steroid dienone is 2. The highest BCUT2D eigenvalue weighted by molar-refractivity contribution is 7.17. The molecule has 1 aromatic heterocycles. The molecule has 4 aliphatic carbocycles. The lowest BCUT2D eigenvalue weighted by Gasteiger charge is -2.41. The lowest BCUT2D eigenvalue weighted by molar-refractivity contribution is -0.151. The number of nitrogens with one attached hydrogen (secondary N) is 1. The summed E-state index contributed by atoms with van der Waals surface area (Å²) in [6, 6.07) is 0. The van der Waals surface area contributed by atoms with Crippen molar-refractivity contribution < 1.29 is 24.2 Å². The van der Waals surface area contributed by atoms with Gasteiger partial charge in [-0.25, -0.2) is 4.79 Å². The molecular weight excluding hydrogens is 402 g/mol. The zero-order valence-corrected chi connectivity index (χ0v) is 18.3. The van der Waals surface area contributed by atoms with Crippen molar-refractivity contribution >= 4 is 34.2 Å². The van der Waals surface area contributed by atoms with Crippen molar-refractivity contribution in [2.45, 2.75) is 64.9 Å². The Kier molecular flexibility index (Phi) is 6.00. The molecule has 0 aliphatic heterocycles. The van der Waals surface area contributed by atoms with Crippen LogP contribution < -0.4 is 5.32 Å². The fourth-order valence-electron chi connectivity index (χ4n) is 5.08. The predicted octanol–water partition coefficient (Wildman–Crippen LogP) is 4.43. The van der Waals surface area contributed by atoms with Crippen molar-refractivity contribution in [1.29, 1.82) is 0 Å². The molecule has 0 saturated heterocycles. The first kappa shape index (κ1) is 21.1. The van der Waals surface area contributed by atoms with E-state index in [2.05, 4.69) is 5.32 Å². The van der Waals surface area contributed by atoms with Crippen LogP contribution in [0.1, 0.15) is 66.8 Å². The molecule has 4 aliphatic rings. The second kappa shape index (κ2) is 8.53. The normalized spacial score (nSPS) is 27.9. The fraction of sp³-hybridized carbons (Fsp3) is 0.609. The van der Waals surface area contributed by atoms with Crippen LogP contribution >= 0.6 is 11.3 Å². The summed E-state index contributed by atoms with van der Waals surface area (Å²) in [6.45, 7) is 3.82. The molecule has 2 bridgehead atoms. The van der Waals surface area contributed by atoms with E-state index >= 15 is 0 Å². The minimum Gasteiger partial charge on any atom is -0.481 e. The lowest BCUT2D eigenvalue weighted by Crippen LogP contribution is -2.47. The summed E-state index contributed by atoms with van der Waals surface area (Å²) in [6.07, 6.45) is 9.89. The smallest absolute Gasteiger partial charge is 0.341 e. The average molecular weight is 432 g/mol. The molecule has 5 rings (SSSR count). The van der Waals surface area contributed by atoms with Crippen LogP contribution in [0.2, 0.25) is 0 Å². The predicted molar refractivity (Wildman–Crippen MR) is 115 cm³/mol. The summed E-state index contributed by atoms with van der Waals surface area (Å²) >= 11 is 1.45. The Bertz CT molecular complexity index is 888. The molecule has 1 heterocycles. The van der Waals surface area contributed by atoms with Crippen LogP contribution in [0, 0.1) is 23.7 Å². The van der Waals surface area contributed by atoms with Crippen LogP contribution in [-0.4, -0.2) is 29.1 Å². The molecule has 1 aromatic rings. The van der Waals surface area contributed by atoms with E-state index in [4.69, 9.17) is 4.74 Å². The minimum absolute atomic E-state index is 0.0683. The van der Waals surface area contributed by atoms with Crippen molar-refractivity contribution in [2.24, 2.45) is 23.7 Å². The summed E-state index contributed by atoms with van der Waals surface area (Å²) in [4.78, 5) is 39.3. The highest BCUT2D eigenvalue weighted by Crippen LogP contribution is 2.46. The summed E-state index contributed by atoms with van der Waals surface area (Å²) in [5.74, 6) is -3.09. The molecule has 6 nitrogen and oxygen atoms in total. The fourth-order valence-corrected chi connectivity index (χ4v) is 6.36. The van der Waals surface area contributed by atoms with E-state index in [1.54, 1.807) is 0 Å². The third-order valence-corrected chi connectivity index (χ3v) is 8.04. The zero-order chi connectivity index (χ0) is 21.4. The number of thiophene rings is 1. The second-order valence-electron chi connectivity index (χ2n) is 8.71. The second-order valence-corrected chi connectivity index (χ2v) is 9.81. The number of anilines is 1. The number of aliphatic carboxylic acids is 1. The van der Waals surface area contributed by atoms with Gasteiger partial charge in [0.1, 0.15) is 5.00 Å². The molecule has 1 amide bonds. The van der Waals surface area contributed by atoms with Crippen LogP contribution in [0.3, 0.4) is 0 Å². The van der Waals surface area contributed by atoms with Crippen LogP contribution in [0.5, 0.6) is 0 Å². The number of carbonyl (C=O) groups is 3.